The van der Waals surface area contributed by atoms with E-state index in [0.29, 0.717) is 35.7 Å². The highest BCUT2D eigenvalue weighted by molar-refractivity contribution is 5.95. The van der Waals surface area contributed by atoms with Crippen LogP contribution in [0.5, 0.6) is 11.5 Å². The van der Waals surface area contributed by atoms with Crippen molar-refractivity contribution in [2.24, 2.45) is 9.98 Å². The Bertz CT molecular complexity index is 2290. The summed E-state index contributed by atoms with van der Waals surface area (Å²) < 4.78 is 22.0. The molecule has 5 aromatic rings. The van der Waals surface area contributed by atoms with Crippen molar-refractivity contribution in [3.63, 3.8) is 0 Å². The molecular weight excluding hydrogens is 855 g/mol. The zero-order valence-corrected chi connectivity index (χ0v) is 39.5. The molecule has 0 saturated carbocycles. The molecule has 0 aliphatic heterocycles. The maximum Gasteiger partial charge on any atom is 0.343 e. The fraction of sp³-hybridized carbons (Fsp3) is 0.351. The van der Waals surface area contributed by atoms with Gasteiger partial charge in [0, 0.05) is 12.4 Å². The van der Waals surface area contributed by atoms with Crippen molar-refractivity contribution in [3.8, 4) is 17.6 Å². The van der Waals surface area contributed by atoms with Crippen molar-refractivity contribution >= 4 is 47.7 Å². The lowest BCUT2D eigenvalue weighted by Gasteiger charge is -2.10. The number of rotatable bonds is 28. The molecule has 0 radical (unpaired) electrons. The summed E-state index contributed by atoms with van der Waals surface area (Å²) in [5.74, 6) is -2.25. The Morgan fingerprint density at radius 1 is 0.441 bits per heavy atom. The first kappa shape index (κ1) is 51.8. The first-order valence-electron chi connectivity index (χ1n) is 24.1. The van der Waals surface area contributed by atoms with Crippen molar-refractivity contribution < 1.29 is 38.1 Å². The summed E-state index contributed by atoms with van der Waals surface area (Å²) in [5.41, 5.74) is 4.00. The van der Waals surface area contributed by atoms with Crippen molar-refractivity contribution in [1.82, 2.24) is 0 Å². The molecule has 0 fully saturated rings. The molecule has 11 nitrogen and oxygen atoms in total. The smallest absolute Gasteiger partial charge is 0.343 e. The molecule has 0 saturated heterocycles. The van der Waals surface area contributed by atoms with Gasteiger partial charge in [-0.2, -0.15) is 5.26 Å². The standard InChI is InChI=1S/C57H63N3O8/c1-3-5-7-9-11-13-15-17-38-65-54(61)45-30-34-49(35-31-45)59-41-43-22-26-47(27-23-43)56(63)67-52-20-19-21-53(51(52)40-58)68-57(64)48-28-24-44(25-29-48)42-60-50-36-32-46(33-37-50)55(62)66-39-18-16-14-12-10-8-6-4-2/h19-37,41-42H,3-18,38-39H2,1-2H3. The Kier molecular flexibility index (Phi) is 22.4. The van der Waals surface area contributed by atoms with Gasteiger partial charge < -0.3 is 18.9 Å². The highest BCUT2D eigenvalue weighted by Crippen LogP contribution is 2.29. The van der Waals surface area contributed by atoms with Crippen LogP contribution in [0.25, 0.3) is 0 Å². The summed E-state index contributed by atoms with van der Waals surface area (Å²) in [6.45, 7) is 5.25. The lowest BCUT2D eigenvalue weighted by molar-refractivity contribution is 0.0488. The number of nitrogens with zero attached hydrogens (tertiary/aromatic N) is 3. The Hall–Kier alpha value is -7.19. The molecule has 11 heteroatoms. The molecule has 0 heterocycles. The van der Waals surface area contributed by atoms with Gasteiger partial charge in [-0.15, -0.1) is 0 Å². The molecule has 0 bridgehead atoms. The number of hydrogen-bond acceptors (Lipinski definition) is 11. The van der Waals surface area contributed by atoms with Gasteiger partial charge in [-0.3, -0.25) is 9.98 Å². The number of carbonyl (C=O) groups excluding carboxylic acids is 4. The van der Waals surface area contributed by atoms with E-state index in [1.165, 1.54) is 82.4 Å². The molecule has 0 aliphatic rings. The summed E-state index contributed by atoms with van der Waals surface area (Å²) in [5, 5.41) is 9.99. The SMILES string of the molecule is CCCCCCCCCCOC(=O)c1ccc(N=Cc2ccc(C(=O)Oc3cccc(OC(=O)c4ccc(C=Nc5ccc(C(=O)OCCCCCCCCCC)cc5)cc4)c3C#N)cc2)cc1. The van der Waals surface area contributed by atoms with Crippen LogP contribution in [0, 0.1) is 11.3 Å². The van der Waals surface area contributed by atoms with E-state index in [-0.39, 0.29) is 40.1 Å². The van der Waals surface area contributed by atoms with E-state index < -0.39 is 11.9 Å². The van der Waals surface area contributed by atoms with Crippen LogP contribution in [0.3, 0.4) is 0 Å². The highest BCUT2D eigenvalue weighted by atomic mass is 16.6. The summed E-state index contributed by atoms with van der Waals surface area (Å²) in [4.78, 5) is 60.2. The van der Waals surface area contributed by atoms with Gasteiger partial charge in [0.2, 0.25) is 0 Å². The third-order valence-electron chi connectivity index (χ3n) is 11.2. The Morgan fingerprint density at radius 2 is 0.765 bits per heavy atom. The van der Waals surface area contributed by atoms with Crippen LogP contribution >= 0.6 is 0 Å². The second-order valence-electron chi connectivity index (χ2n) is 16.6. The maximum atomic E-state index is 13.1. The highest BCUT2D eigenvalue weighted by Gasteiger charge is 2.19. The second-order valence-corrected chi connectivity index (χ2v) is 16.6. The van der Waals surface area contributed by atoms with E-state index >= 15 is 0 Å². The lowest BCUT2D eigenvalue weighted by Crippen LogP contribution is -2.12. The van der Waals surface area contributed by atoms with Crippen LogP contribution in [0.4, 0.5) is 11.4 Å². The normalized spacial score (nSPS) is 11.1. The molecule has 0 N–H and O–H groups in total. The number of ether oxygens (including phenoxy) is 4. The quantitative estimate of drug-likeness (QED) is 0.0206. The number of carbonyl (C=O) groups is 4. The molecule has 5 rings (SSSR count). The fourth-order valence-corrected chi connectivity index (χ4v) is 7.15. The average Bonchev–Trinajstić information content (AvgIpc) is 3.37. The summed E-state index contributed by atoms with van der Waals surface area (Å²) in [7, 11) is 0. The Balaban J connectivity index is 1.05. The average molecular weight is 918 g/mol. The number of aliphatic imine (C=N–C) groups is 2. The van der Waals surface area contributed by atoms with Gasteiger partial charge in [-0.1, -0.05) is 134 Å². The topological polar surface area (TPSA) is 154 Å². The van der Waals surface area contributed by atoms with Gasteiger partial charge in [0.15, 0.2) is 11.5 Å². The van der Waals surface area contributed by atoms with Gasteiger partial charge in [-0.05, 0) is 109 Å². The third-order valence-corrected chi connectivity index (χ3v) is 11.2. The van der Waals surface area contributed by atoms with E-state index in [2.05, 4.69) is 23.8 Å². The second kappa shape index (κ2) is 29.4. The van der Waals surface area contributed by atoms with E-state index in [9.17, 15) is 24.4 Å². The third kappa shape index (κ3) is 17.9. The molecule has 0 unspecified atom stereocenters. The zero-order valence-electron chi connectivity index (χ0n) is 39.5. The van der Waals surface area contributed by atoms with Gasteiger partial charge in [0.05, 0.1) is 46.8 Å². The predicted octanol–water partition coefficient (Wildman–Crippen LogP) is 14.1. The molecule has 0 aromatic heterocycles. The zero-order chi connectivity index (χ0) is 48.2. The minimum Gasteiger partial charge on any atom is -0.462 e. The van der Waals surface area contributed by atoms with Crippen LogP contribution in [0.1, 0.15) is 175 Å². The van der Waals surface area contributed by atoms with Crippen LogP contribution in [-0.4, -0.2) is 49.5 Å². The number of unbranched alkanes of at least 4 members (excludes halogenated alkanes) is 14. The molecular formula is C57H63N3O8. The van der Waals surface area contributed by atoms with E-state index in [1.807, 2.05) is 6.07 Å². The molecule has 0 amide bonds. The minimum absolute atomic E-state index is 0.0655. The molecule has 0 atom stereocenters. The summed E-state index contributed by atoms with van der Waals surface area (Å²) in [6, 6.07) is 33.2. The van der Waals surface area contributed by atoms with E-state index in [0.717, 1.165) is 49.7 Å². The van der Waals surface area contributed by atoms with E-state index in [1.54, 1.807) is 109 Å². The van der Waals surface area contributed by atoms with Crippen molar-refractivity contribution in [2.75, 3.05) is 13.2 Å². The van der Waals surface area contributed by atoms with Crippen LogP contribution in [0.15, 0.2) is 125 Å². The maximum absolute atomic E-state index is 13.1. The largest absolute Gasteiger partial charge is 0.462 e. The van der Waals surface area contributed by atoms with Gasteiger partial charge in [0.25, 0.3) is 0 Å². The minimum atomic E-state index is -0.710. The first-order valence-corrected chi connectivity index (χ1v) is 24.1. The predicted molar refractivity (Wildman–Crippen MR) is 267 cm³/mol. The van der Waals surface area contributed by atoms with Crippen LogP contribution in [-0.2, 0) is 9.47 Å². The molecule has 0 aliphatic carbocycles. The van der Waals surface area contributed by atoms with Crippen LogP contribution in [0.2, 0.25) is 0 Å². The summed E-state index contributed by atoms with van der Waals surface area (Å²) >= 11 is 0. The van der Waals surface area contributed by atoms with Gasteiger partial charge in [-0.25, -0.2) is 19.2 Å². The summed E-state index contributed by atoms with van der Waals surface area (Å²) in [6.07, 6.45) is 22.1. The molecule has 354 valence electrons. The van der Waals surface area contributed by atoms with E-state index in [4.69, 9.17) is 18.9 Å². The Morgan fingerprint density at radius 3 is 1.12 bits per heavy atom. The number of nitriles is 1. The van der Waals surface area contributed by atoms with Crippen molar-refractivity contribution in [2.45, 2.75) is 117 Å². The first-order chi connectivity index (χ1) is 33.3. The van der Waals surface area contributed by atoms with Crippen molar-refractivity contribution in [1.29, 1.82) is 5.26 Å². The molecule has 68 heavy (non-hydrogen) atoms. The monoisotopic (exact) mass is 917 g/mol. The van der Waals surface area contributed by atoms with Crippen LogP contribution < -0.4 is 9.47 Å². The van der Waals surface area contributed by atoms with Gasteiger partial charge in [0.1, 0.15) is 11.6 Å². The lowest BCUT2D eigenvalue weighted by atomic mass is 10.1. The molecule has 0 spiro atoms. The Labute approximate surface area is 401 Å². The number of esters is 4. The fourth-order valence-electron chi connectivity index (χ4n) is 7.15. The molecule has 5 aromatic carbocycles. The van der Waals surface area contributed by atoms with Crippen molar-refractivity contribution in [3.05, 3.63) is 154 Å². The number of benzene rings is 5. The van der Waals surface area contributed by atoms with Gasteiger partial charge >= 0.3 is 23.9 Å². The number of hydrogen-bond donors (Lipinski definition) is 0.